The number of hydrogen-bond donors (Lipinski definition) is 1. The highest BCUT2D eigenvalue weighted by Crippen LogP contribution is 1.94. The number of hydroxylamine groups is 2. The first-order valence-corrected chi connectivity index (χ1v) is 3.32. The maximum atomic E-state index is 10.9. The van der Waals surface area contributed by atoms with E-state index in [1.807, 2.05) is 6.92 Å². The summed E-state index contributed by atoms with van der Waals surface area (Å²) in [7, 11) is 1.35. The molecule has 0 aromatic carbocycles. The van der Waals surface area contributed by atoms with Gasteiger partial charge in [0.2, 0.25) is 0 Å². The van der Waals surface area contributed by atoms with Crippen LogP contribution in [0.5, 0.6) is 0 Å². The van der Waals surface area contributed by atoms with Crippen molar-refractivity contribution in [2.75, 3.05) is 7.05 Å². The molecule has 0 aliphatic rings. The Morgan fingerprint density at radius 2 is 2.09 bits per heavy atom. The van der Waals surface area contributed by atoms with Gasteiger partial charge in [0.15, 0.2) is 0 Å². The Morgan fingerprint density at radius 1 is 1.55 bits per heavy atom. The van der Waals surface area contributed by atoms with E-state index in [2.05, 4.69) is 10.6 Å². The molecule has 0 unspecified atom stereocenters. The molecule has 0 heterocycles. The fraction of sp³-hybridized carbons (Fsp3) is 0.667. The van der Waals surface area contributed by atoms with Crippen molar-refractivity contribution >= 4 is 12.0 Å². The van der Waals surface area contributed by atoms with Crippen molar-refractivity contribution in [3.8, 4) is 0 Å². The van der Waals surface area contributed by atoms with Crippen LogP contribution in [0.3, 0.4) is 0 Å². The quantitative estimate of drug-likeness (QED) is 0.588. The summed E-state index contributed by atoms with van der Waals surface area (Å²) in [5, 5.41) is 0.839. The standard InChI is InChI=1S/C6H12N2O3/c1-3-4-5(9)8(2)11-6(7)10/h3-4H2,1-2H3,(H2,7,10). The number of nitrogens with two attached hydrogens (primary N) is 1. The van der Waals surface area contributed by atoms with Crippen LogP contribution in [0.4, 0.5) is 4.79 Å². The summed E-state index contributed by atoms with van der Waals surface area (Å²) in [5.74, 6) is -0.258. The summed E-state index contributed by atoms with van der Waals surface area (Å²) >= 11 is 0. The largest absolute Gasteiger partial charge is 0.429 e. The number of primary amides is 1. The maximum absolute atomic E-state index is 10.9. The highest BCUT2D eigenvalue weighted by molar-refractivity contribution is 5.76. The second-order valence-corrected chi connectivity index (χ2v) is 2.05. The third-order valence-electron chi connectivity index (χ3n) is 1.04. The summed E-state index contributed by atoms with van der Waals surface area (Å²) in [6.07, 6.45) is 0.0895. The molecular weight excluding hydrogens is 148 g/mol. The molecule has 11 heavy (non-hydrogen) atoms. The second kappa shape index (κ2) is 4.54. The summed E-state index contributed by atoms with van der Waals surface area (Å²) in [6, 6.07) is 0. The maximum Gasteiger partial charge on any atom is 0.429 e. The number of nitrogens with zero attached hydrogens (tertiary/aromatic N) is 1. The van der Waals surface area contributed by atoms with Crippen molar-refractivity contribution in [2.45, 2.75) is 19.8 Å². The van der Waals surface area contributed by atoms with Crippen molar-refractivity contribution in [1.82, 2.24) is 5.06 Å². The van der Waals surface area contributed by atoms with Gasteiger partial charge in [-0.05, 0) is 6.42 Å². The van der Waals surface area contributed by atoms with E-state index >= 15 is 0 Å². The van der Waals surface area contributed by atoms with Gasteiger partial charge in [-0.2, -0.15) is 5.06 Å². The SMILES string of the molecule is CCCC(=O)N(C)OC(N)=O. The second-order valence-electron chi connectivity index (χ2n) is 2.05. The van der Waals surface area contributed by atoms with Crippen LogP contribution in [-0.2, 0) is 9.63 Å². The summed E-state index contributed by atoms with van der Waals surface area (Å²) in [5.41, 5.74) is 4.67. The molecule has 0 radical (unpaired) electrons. The molecule has 64 valence electrons. The lowest BCUT2D eigenvalue weighted by Crippen LogP contribution is -2.31. The first kappa shape index (κ1) is 9.74. The normalized spacial score (nSPS) is 8.91. The monoisotopic (exact) mass is 160 g/mol. The third-order valence-corrected chi connectivity index (χ3v) is 1.04. The van der Waals surface area contributed by atoms with Gasteiger partial charge in [0.05, 0.1) is 0 Å². The number of amides is 2. The van der Waals surface area contributed by atoms with E-state index < -0.39 is 6.09 Å². The lowest BCUT2D eigenvalue weighted by Gasteiger charge is -2.13. The number of carbonyl (C=O) groups excluding carboxylic acids is 2. The average molecular weight is 160 g/mol. The molecule has 2 amide bonds. The van der Waals surface area contributed by atoms with Crippen molar-refractivity contribution in [1.29, 1.82) is 0 Å². The number of rotatable bonds is 2. The van der Waals surface area contributed by atoms with Gasteiger partial charge < -0.3 is 10.6 Å². The van der Waals surface area contributed by atoms with Gasteiger partial charge in [0.1, 0.15) is 0 Å². The van der Waals surface area contributed by atoms with Gasteiger partial charge >= 0.3 is 6.09 Å². The van der Waals surface area contributed by atoms with Crippen LogP contribution in [0.25, 0.3) is 0 Å². The Hall–Kier alpha value is -1.26. The van der Waals surface area contributed by atoms with Crippen LogP contribution in [0.15, 0.2) is 0 Å². The zero-order valence-electron chi connectivity index (χ0n) is 6.66. The van der Waals surface area contributed by atoms with Gasteiger partial charge in [-0.15, -0.1) is 0 Å². The van der Waals surface area contributed by atoms with E-state index in [0.29, 0.717) is 12.8 Å². The average Bonchev–Trinajstić information content (AvgIpc) is 1.86. The van der Waals surface area contributed by atoms with E-state index in [1.165, 1.54) is 7.05 Å². The van der Waals surface area contributed by atoms with E-state index in [9.17, 15) is 9.59 Å². The van der Waals surface area contributed by atoms with Crippen molar-refractivity contribution in [3.05, 3.63) is 0 Å². The van der Waals surface area contributed by atoms with Gasteiger partial charge in [0.25, 0.3) is 5.91 Å². The lowest BCUT2D eigenvalue weighted by molar-refractivity contribution is -0.159. The number of carbonyl (C=O) groups is 2. The molecule has 0 aliphatic carbocycles. The Balaban J connectivity index is 3.73. The van der Waals surface area contributed by atoms with Crippen molar-refractivity contribution in [3.63, 3.8) is 0 Å². The molecule has 0 aromatic rings. The topological polar surface area (TPSA) is 72.6 Å². The minimum Gasteiger partial charge on any atom is -0.333 e. The predicted octanol–water partition coefficient (Wildman–Crippen LogP) is 0.255. The molecule has 0 saturated carbocycles. The van der Waals surface area contributed by atoms with Crippen LogP contribution in [-0.4, -0.2) is 24.1 Å². The van der Waals surface area contributed by atoms with Crippen molar-refractivity contribution < 1.29 is 14.4 Å². The molecule has 0 rings (SSSR count). The minimum absolute atomic E-state index is 0.258. The Bertz CT molecular complexity index is 158. The van der Waals surface area contributed by atoms with Crippen LogP contribution < -0.4 is 5.73 Å². The molecule has 5 nitrogen and oxygen atoms in total. The fourth-order valence-electron chi connectivity index (χ4n) is 0.557. The van der Waals surface area contributed by atoms with Gasteiger partial charge in [-0.1, -0.05) is 6.92 Å². The molecule has 0 spiro atoms. The Labute approximate surface area is 65.1 Å². The Kier molecular flexibility index (Phi) is 4.02. The molecular formula is C6H12N2O3. The molecule has 0 saturated heterocycles. The van der Waals surface area contributed by atoms with Crippen LogP contribution >= 0.6 is 0 Å². The van der Waals surface area contributed by atoms with Gasteiger partial charge in [0, 0.05) is 13.5 Å². The van der Waals surface area contributed by atoms with Crippen LogP contribution in [0, 0.1) is 0 Å². The highest BCUT2D eigenvalue weighted by Gasteiger charge is 2.09. The molecule has 2 N–H and O–H groups in total. The van der Waals surface area contributed by atoms with E-state index in [0.717, 1.165) is 5.06 Å². The van der Waals surface area contributed by atoms with Crippen LogP contribution in [0.1, 0.15) is 19.8 Å². The lowest BCUT2D eigenvalue weighted by atomic mass is 10.3. The minimum atomic E-state index is -0.975. The zero-order valence-corrected chi connectivity index (χ0v) is 6.66. The molecule has 0 bridgehead atoms. The van der Waals surface area contributed by atoms with Gasteiger partial charge in [-0.25, -0.2) is 4.79 Å². The molecule has 0 aliphatic heterocycles. The summed E-state index contributed by atoms with van der Waals surface area (Å²) in [6.45, 7) is 1.86. The van der Waals surface area contributed by atoms with E-state index in [1.54, 1.807) is 0 Å². The fourth-order valence-corrected chi connectivity index (χ4v) is 0.557. The van der Waals surface area contributed by atoms with E-state index in [-0.39, 0.29) is 5.91 Å². The zero-order chi connectivity index (χ0) is 8.85. The summed E-state index contributed by atoms with van der Waals surface area (Å²) in [4.78, 5) is 25.3. The predicted molar refractivity (Wildman–Crippen MR) is 38.3 cm³/mol. The summed E-state index contributed by atoms with van der Waals surface area (Å²) < 4.78 is 0. The third kappa shape index (κ3) is 4.19. The van der Waals surface area contributed by atoms with E-state index in [4.69, 9.17) is 0 Å². The molecule has 5 heteroatoms. The first-order chi connectivity index (χ1) is 5.07. The molecule has 0 fully saturated rings. The van der Waals surface area contributed by atoms with Crippen molar-refractivity contribution in [2.24, 2.45) is 5.73 Å². The molecule has 0 aromatic heterocycles. The Morgan fingerprint density at radius 3 is 2.45 bits per heavy atom. The highest BCUT2D eigenvalue weighted by atomic mass is 16.7. The van der Waals surface area contributed by atoms with Gasteiger partial charge in [-0.3, -0.25) is 4.79 Å². The smallest absolute Gasteiger partial charge is 0.333 e. The first-order valence-electron chi connectivity index (χ1n) is 3.32. The number of hydrogen-bond acceptors (Lipinski definition) is 3. The van der Waals surface area contributed by atoms with Crippen LogP contribution in [0.2, 0.25) is 0 Å². The molecule has 0 atom stereocenters.